The van der Waals surface area contributed by atoms with Crippen molar-refractivity contribution in [3.63, 3.8) is 0 Å². The van der Waals surface area contributed by atoms with Crippen molar-refractivity contribution in [1.29, 1.82) is 0 Å². The Morgan fingerprint density at radius 3 is 2.45 bits per heavy atom. The fourth-order valence-corrected chi connectivity index (χ4v) is 3.52. The number of hydrogen-bond donors (Lipinski definition) is 0. The molecule has 3 nitrogen and oxygen atoms in total. The van der Waals surface area contributed by atoms with Gasteiger partial charge < -0.3 is 9.89 Å². The standard InChI is InChI=1S/C14H24F3N3/c1-18-7-11-5-3-4-6-13(11)20(10-14(15,16)17)12-8-19(2)9-12/h7,11-13H,3-6,8-10H2,1-2H3/b18-7+/t11?,13-/m0/s1. The molecule has 1 saturated carbocycles. The minimum atomic E-state index is -4.13. The molecular weight excluding hydrogens is 267 g/mol. The van der Waals surface area contributed by atoms with Crippen LogP contribution in [0.15, 0.2) is 4.99 Å². The van der Waals surface area contributed by atoms with Gasteiger partial charge in [-0.3, -0.25) is 4.90 Å². The molecule has 0 amide bonds. The highest BCUT2D eigenvalue weighted by molar-refractivity contribution is 5.61. The summed E-state index contributed by atoms with van der Waals surface area (Å²) in [5.41, 5.74) is 0. The van der Waals surface area contributed by atoms with Crippen LogP contribution in [0.5, 0.6) is 0 Å². The molecule has 0 spiro atoms. The van der Waals surface area contributed by atoms with E-state index in [-0.39, 0.29) is 18.0 Å². The Hall–Kier alpha value is -0.620. The Morgan fingerprint density at radius 2 is 1.90 bits per heavy atom. The Balaban J connectivity index is 2.10. The van der Waals surface area contributed by atoms with Crippen LogP contribution in [0.2, 0.25) is 0 Å². The molecule has 2 fully saturated rings. The van der Waals surface area contributed by atoms with E-state index in [1.807, 2.05) is 13.3 Å². The van der Waals surface area contributed by atoms with Crippen LogP contribution >= 0.6 is 0 Å². The van der Waals surface area contributed by atoms with Crippen molar-refractivity contribution in [3.8, 4) is 0 Å². The molecule has 2 rings (SSSR count). The molecule has 0 aromatic carbocycles. The molecule has 1 saturated heterocycles. The molecule has 0 N–H and O–H groups in total. The molecule has 1 heterocycles. The number of rotatable bonds is 4. The zero-order chi connectivity index (χ0) is 14.8. The maximum atomic E-state index is 12.9. The first kappa shape index (κ1) is 15.8. The van der Waals surface area contributed by atoms with Crippen molar-refractivity contribution >= 4 is 6.21 Å². The van der Waals surface area contributed by atoms with Crippen molar-refractivity contribution in [1.82, 2.24) is 9.80 Å². The van der Waals surface area contributed by atoms with Crippen LogP contribution < -0.4 is 0 Å². The summed E-state index contributed by atoms with van der Waals surface area (Å²) in [4.78, 5) is 7.83. The van der Waals surface area contributed by atoms with Crippen LogP contribution in [0, 0.1) is 5.92 Å². The minimum absolute atomic E-state index is 0.00669. The molecule has 116 valence electrons. The summed E-state index contributed by atoms with van der Waals surface area (Å²) >= 11 is 0. The fourth-order valence-electron chi connectivity index (χ4n) is 3.52. The van der Waals surface area contributed by atoms with E-state index in [9.17, 15) is 13.2 Å². The number of nitrogens with zero attached hydrogens (tertiary/aromatic N) is 3. The first-order chi connectivity index (χ1) is 9.40. The summed E-state index contributed by atoms with van der Waals surface area (Å²) in [6.45, 7) is 0.690. The SMILES string of the molecule is C/N=C/C1CCCC[C@@H]1N(CC(F)(F)F)C1CN(C)C1. The summed E-state index contributed by atoms with van der Waals surface area (Å²) in [5.74, 6) is 0.169. The summed E-state index contributed by atoms with van der Waals surface area (Å²) in [5, 5.41) is 0. The van der Waals surface area contributed by atoms with Gasteiger partial charge >= 0.3 is 6.18 Å². The molecule has 20 heavy (non-hydrogen) atoms. The number of likely N-dealkylation sites (N-methyl/N-ethyl adjacent to an activating group) is 1. The lowest BCUT2D eigenvalue weighted by molar-refractivity contribution is -0.167. The van der Waals surface area contributed by atoms with E-state index in [4.69, 9.17) is 0 Å². The van der Waals surface area contributed by atoms with Gasteiger partial charge in [0.1, 0.15) is 0 Å². The van der Waals surface area contributed by atoms with Gasteiger partial charge in [-0.25, -0.2) is 0 Å². The third-order valence-corrected chi connectivity index (χ3v) is 4.42. The Morgan fingerprint density at radius 1 is 1.25 bits per heavy atom. The van der Waals surface area contributed by atoms with Gasteiger partial charge in [0, 0.05) is 44.4 Å². The van der Waals surface area contributed by atoms with Gasteiger partial charge in [0.05, 0.1) is 6.54 Å². The number of likely N-dealkylation sites (tertiary alicyclic amines) is 1. The van der Waals surface area contributed by atoms with E-state index in [1.54, 1.807) is 11.9 Å². The predicted molar refractivity (Wildman–Crippen MR) is 74.2 cm³/mol. The maximum absolute atomic E-state index is 12.9. The van der Waals surface area contributed by atoms with Crippen LogP contribution in [0.1, 0.15) is 25.7 Å². The largest absolute Gasteiger partial charge is 0.401 e. The van der Waals surface area contributed by atoms with E-state index in [0.29, 0.717) is 0 Å². The van der Waals surface area contributed by atoms with Gasteiger partial charge in [-0.2, -0.15) is 13.2 Å². The van der Waals surface area contributed by atoms with Gasteiger partial charge in [0.25, 0.3) is 0 Å². The summed E-state index contributed by atoms with van der Waals surface area (Å²) in [6.07, 6.45) is 1.66. The van der Waals surface area contributed by atoms with Gasteiger partial charge in [0.2, 0.25) is 0 Å². The van der Waals surface area contributed by atoms with Crippen molar-refractivity contribution in [2.24, 2.45) is 10.9 Å². The van der Waals surface area contributed by atoms with Gasteiger partial charge in [-0.05, 0) is 19.9 Å². The minimum Gasteiger partial charge on any atom is -0.303 e. The first-order valence-corrected chi connectivity index (χ1v) is 7.34. The Bertz CT molecular complexity index is 337. The number of halogens is 3. The highest BCUT2D eigenvalue weighted by Crippen LogP contribution is 2.33. The second-order valence-electron chi connectivity index (χ2n) is 6.09. The van der Waals surface area contributed by atoms with Crippen molar-refractivity contribution in [2.45, 2.75) is 43.9 Å². The lowest BCUT2D eigenvalue weighted by Crippen LogP contribution is -2.63. The molecule has 0 aromatic heterocycles. The van der Waals surface area contributed by atoms with Crippen molar-refractivity contribution < 1.29 is 13.2 Å². The average Bonchev–Trinajstić information content (AvgIpc) is 2.33. The van der Waals surface area contributed by atoms with E-state index in [0.717, 1.165) is 38.8 Å². The fraction of sp³-hybridized carbons (Fsp3) is 0.929. The van der Waals surface area contributed by atoms with Gasteiger partial charge in [-0.1, -0.05) is 12.8 Å². The van der Waals surface area contributed by atoms with E-state index in [1.165, 1.54) is 0 Å². The Labute approximate surface area is 118 Å². The van der Waals surface area contributed by atoms with Crippen LogP contribution in [-0.2, 0) is 0 Å². The number of aliphatic imine (C=N–C) groups is 1. The first-order valence-electron chi connectivity index (χ1n) is 7.34. The zero-order valence-corrected chi connectivity index (χ0v) is 12.2. The zero-order valence-electron chi connectivity index (χ0n) is 12.2. The van der Waals surface area contributed by atoms with E-state index in [2.05, 4.69) is 9.89 Å². The van der Waals surface area contributed by atoms with Gasteiger partial charge in [0.15, 0.2) is 0 Å². The maximum Gasteiger partial charge on any atom is 0.401 e. The lowest BCUT2D eigenvalue weighted by atomic mass is 9.83. The van der Waals surface area contributed by atoms with Crippen LogP contribution in [0.3, 0.4) is 0 Å². The van der Waals surface area contributed by atoms with Crippen LogP contribution in [-0.4, -0.2) is 68.0 Å². The summed E-state index contributed by atoms with van der Waals surface area (Å²) in [6, 6.07) is 0.0326. The molecule has 0 aromatic rings. The molecule has 1 unspecified atom stereocenters. The molecule has 1 aliphatic heterocycles. The second kappa shape index (κ2) is 6.43. The van der Waals surface area contributed by atoms with Crippen LogP contribution in [0.4, 0.5) is 13.2 Å². The monoisotopic (exact) mass is 291 g/mol. The van der Waals surface area contributed by atoms with E-state index < -0.39 is 12.7 Å². The van der Waals surface area contributed by atoms with Crippen molar-refractivity contribution in [2.75, 3.05) is 33.7 Å². The Kier molecular flexibility index (Phi) is 5.07. The molecule has 0 bridgehead atoms. The summed E-state index contributed by atoms with van der Waals surface area (Å²) in [7, 11) is 3.66. The molecule has 2 aliphatic rings. The quantitative estimate of drug-likeness (QED) is 0.741. The molecule has 6 heteroatoms. The normalized spacial score (nSPS) is 30.1. The predicted octanol–water partition coefficient (Wildman–Crippen LogP) is 2.42. The molecule has 2 atom stereocenters. The second-order valence-corrected chi connectivity index (χ2v) is 6.09. The van der Waals surface area contributed by atoms with Crippen molar-refractivity contribution in [3.05, 3.63) is 0 Å². The highest BCUT2D eigenvalue weighted by atomic mass is 19.4. The average molecular weight is 291 g/mol. The third-order valence-electron chi connectivity index (χ3n) is 4.42. The van der Waals surface area contributed by atoms with E-state index >= 15 is 0 Å². The summed E-state index contributed by atoms with van der Waals surface area (Å²) < 4.78 is 38.7. The molecule has 1 aliphatic carbocycles. The topological polar surface area (TPSA) is 18.8 Å². The molecule has 0 radical (unpaired) electrons. The third kappa shape index (κ3) is 3.95. The van der Waals surface area contributed by atoms with Gasteiger partial charge in [-0.15, -0.1) is 0 Å². The van der Waals surface area contributed by atoms with Crippen LogP contribution in [0.25, 0.3) is 0 Å². The smallest absolute Gasteiger partial charge is 0.303 e. The highest BCUT2D eigenvalue weighted by Gasteiger charge is 2.43. The molecular formula is C14H24F3N3. The lowest BCUT2D eigenvalue weighted by Gasteiger charge is -2.49. The number of hydrogen-bond acceptors (Lipinski definition) is 3. The number of alkyl halides is 3.